The van der Waals surface area contributed by atoms with E-state index in [0.717, 1.165) is 0 Å². The van der Waals surface area contributed by atoms with E-state index >= 15 is 0 Å². The molecule has 3 aromatic rings. The fourth-order valence-electron chi connectivity index (χ4n) is 1.90. The molecule has 0 bridgehead atoms. The van der Waals surface area contributed by atoms with Crippen LogP contribution in [0.3, 0.4) is 0 Å². The Kier molecular flexibility index (Phi) is 3.48. The minimum absolute atomic E-state index is 0.0578. The van der Waals surface area contributed by atoms with Crippen LogP contribution in [0.4, 0.5) is 11.5 Å². The van der Waals surface area contributed by atoms with Gasteiger partial charge in [0.2, 0.25) is 0 Å². The first-order chi connectivity index (χ1) is 10.6. The van der Waals surface area contributed by atoms with Gasteiger partial charge in [0.15, 0.2) is 11.5 Å². The number of rotatable bonds is 3. The molecule has 0 aliphatic rings. The highest BCUT2D eigenvalue weighted by molar-refractivity contribution is 6.30. The number of imidazole rings is 1. The third-order valence-corrected chi connectivity index (χ3v) is 3.13. The van der Waals surface area contributed by atoms with Crippen molar-refractivity contribution in [3.8, 4) is 5.75 Å². The first kappa shape index (κ1) is 14.0. The number of azo groups is 1. The second-order valence-electron chi connectivity index (χ2n) is 4.35. The number of aromatic carboxylic acids is 1. The molecule has 0 spiro atoms. The van der Waals surface area contributed by atoms with Gasteiger partial charge < -0.3 is 10.2 Å². The van der Waals surface area contributed by atoms with Gasteiger partial charge in [-0.15, -0.1) is 10.2 Å². The predicted molar refractivity (Wildman–Crippen MR) is 79.4 cm³/mol. The Labute approximate surface area is 129 Å². The highest BCUT2D eigenvalue weighted by Gasteiger charge is 2.18. The van der Waals surface area contributed by atoms with Crippen molar-refractivity contribution in [3.63, 3.8) is 0 Å². The van der Waals surface area contributed by atoms with Crippen molar-refractivity contribution >= 4 is 34.7 Å². The molecule has 0 saturated heterocycles. The Morgan fingerprint density at radius 1 is 1.23 bits per heavy atom. The van der Waals surface area contributed by atoms with Crippen molar-refractivity contribution in [2.24, 2.45) is 10.2 Å². The maximum absolute atomic E-state index is 11.3. The number of aromatic nitrogens is 2. The molecule has 0 fully saturated rings. The highest BCUT2D eigenvalue weighted by Crippen LogP contribution is 2.31. The summed E-state index contributed by atoms with van der Waals surface area (Å²) in [5.41, 5.74) is 0.343. The number of halogens is 1. The summed E-state index contributed by atoms with van der Waals surface area (Å²) < 4.78 is 1.49. The molecular formula is C14H9ClN4O3. The Hall–Kier alpha value is -2.93. The third-order valence-electron chi connectivity index (χ3n) is 2.90. The highest BCUT2D eigenvalue weighted by atomic mass is 35.5. The maximum atomic E-state index is 11.3. The van der Waals surface area contributed by atoms with E-state index in [1.54, 1.807) is 24.4 Å². The topological polar surface area (TPSA) is 99.5 Å². The van der Waals surface area contributed by atoms with Gasteiger partial charge in [0, 0.05) is 11.2 Å². The first-order valence-corrected chi connectivity index (χ1v) is 6.54. The Morgan fingerprint density at radius 3 is 2.82 bits per heavy atom. The minimum Gasteiger partial charge on any atom is -0.506 e. The fourth-order valence-corrected chi connectivity index (χ4v) is 2.07. The zero-order chi connectivity index (χ0) is 15.7. The SMILES string of the molecule is O=C(O)c1nc2ccccn2c1N=Nc1cc(Cl)ccc1O. The zero-order valence-corrected chi connectivity index (χ0v) is 11.8. The zero-order valence-electron chi connectivity index (χ0n) is 11.0. The Morgan fingerprint density at radius 2 is 2.05 bits per heavy atom. The summed E-state index contributed by atoms with van der Waals surface area (Å²) in [4.78, 5) is 15.3. The Balaban J connectivity index is 2.13. The second-order valence-corrected chi connectivity index (χ2v) is 4.79. The summed E-state index contributed by atoms with van der Waals surface area (Å²) in [6.07, 6.45) is 1.63. The summed E-state index contributed by atoms with van der Waals surface area (Å²) in [6, 6.07) is 9.41. The normalized spacial score (nSPS) is 11.3. The molecule has 2 N–H and O–H groups in total. The quantitative estimate of drug-likeness (QED) is 0.717. The summed E-state index contributed by atoms with van der Waals surface area (Å²) in [7, 11) is 0. The molecule has 0 radical (unpaired) electrons. The molecule has 3 rings (SSSR count). The van der Waals surface area contributed by atoms with Gasteiger partial charge in [-0.05, 0) is 30.3 Å². The van der Waals surface area contributed by atoms with E-state index in [4.69, 9.17) is 11.6 Å². The van der Waals surface area contributed by atoms with Gasteiger partial charge in [0.25, 0.3) is 0 Å². The van der Waals surface area contributed by atoms with Crippen LogP contribution in [0, 0.1) is 0 Å². The number of phenols is 1. The Bertz CT molecular complexity index is 904. The van der Waals surface area contributed by atoms with Crippen molar-refractivity contribution in [3.05, 3.63) is 53.3 Å². The van der Waals surface area contributed by atoms with Crippen molar-refractivity contribution in [2.45, 2.75) is 0 Å². The van der Waals surface area contributed by atoms with Gasteiger partial charge in [-0.25, -0.2) is 9.78 Å². The number of carboxylic acids is 1. The van der Waals surface area contributed by atoms with Crippen LogP contribution in [0.25, 0.3) is 5.65 Å². The van der Waals surface area contributed by atoms with Gasteiger partial charge in [-0.1, -0.05) is 17.7 Å². The van der Waals surface area contributed by atoms with Crippen LogP contribution in [0.1, 0.15) is 10.5 Å². The molecule has 2 aromatic heterocycles. The van der Waals surface area contributed by atoms with E-state index in [0.29, 0.717) is 10.7 Å². The molecule has 7 nitrogen and oxygen atoms in total. The number of aromatic hydroxyl groups is 1. The van der Waals surface area contributed by atoms with Gasteiger partial charge in [-0.2, -0.15) is 0 Å². The number of phenolic OH excluding ortho intramolecular Hbond substituents is 1. The summed E-state index contributed by atoms with van der Waals surface area (Å²) >= 11 is 5.83. The predicted octanol–water partition coefficient (Wildman–Crippen LogP) is 3.81. The molecule has 8 heteroatoms. The number of hydrogen-bond acceptors (Lipinski definition) is 5. The van der Waals surface area contributed by atoms with Crippen LogP contribution in [0.5, 0.6) is 5.75 Å². The molecule has 0 amide bonds. The van der Waals surface area contributed by atoms with E-state index in [1.165, 1.54) is 22.6 Å². The summed E-state index contributed by atoms with van der Waals surface area (Å²) in [5, 5.41) is 27.1. The van der Waals surface area contributed by atoms with Gasteiger partial charge in [0.05, 0.1) is 0 Å². The lowest BCUT2D eigenvalue weighted by atomic mass is 10.3. The van der Waals surface area contributed by atoms with Crippen molar-refractivity contribution < 1.29 is 15.0 Å². The van der Waals surface area contributed by atoms with Gasteiger partial charge in [-0.3, -0.25) is 4.40 Å². The maximum Gasteiger partial charge on any atom is 0.358 e. The summed E-state index contributed by atoms with van der Waals surface area (Å²) in [6.45, 7) is 0. The minimum atomic E-state index is -1.21. The number of fused-ring (bicyclic) bond motifs is 1. The molecule has 0 unspecified atom stereocenters. The molecule has 0 saturated carbocycles. The van der Waals surface area contributed by atoms with Crippen molar-refractivity contribution in [2.75, 3.05) is 0 Å². The number of pyridine rings is 1. The smallest absolute Gasteiger partial charge is 0.358 e. The first-order valence-electron chi connectivity index (χ1n) is 6.17. The average Bonchev–Trinajstić information content (AvgIpc) is 2.87. The number of hydrogen-bond donors (Lipinski definition) is 2. The molecule has 0 atom stereocenters. The molecule has 0 aliphatic carbocycles. The van der Waals surface area contributed by atoms with Crippen LogP contribution in [-0.4, -0.2) is 25.6 Å². The lowest BCUT2D eigenvalue weighted by Crippen LogP contribution is -1.96. The van der Waals surface area contributed by atoms with Crippen LogP contribution in [0.2, 0.25) is 5.02 Å². The molecule has 2 heterocycles. The molecule has 0 aliphatic heterocycles. The van der Waals surface area contributed by atoms with Crippen LogP contribution >= 0.6 is 11.6 Å². The largest absolute Gasteiger partial charge is 0.506 e. The monoisotopic (exact) mass is 316 g/mol. The molecule has 22 heavy (non-hydrogen) atoms. The van der Waals surface area contributed by atoms with E-state index in [-0.39, 0.29) is 22.9 Å². The number of carboxylic acid groups (broad SMARTS) is 1. The van der Waals surface area contributed by atoms with Crippen LogP contribution < -0.4 is 0 Å². The van der Waals surface area contributed by atoms with Gasteiger partial charge in [0.1, 0.15) is 17.1 Å². The van der Waals surface area contributed by atoms with E-state index in [1.807, 2.05) is 0 Å². The lowest BCUT2D eigenvalue weighted by Gasteiger charge is -1.99. The van der Waals surface area contributed by atoms with Crippen LogP contribution in [-0.2, 0) is 0 Å². The van der Waals surface area contributed by atoms with Gasteiger partial charge >= 0.3 is 5.97 Å². The average molecular weight is 317 g/mol. The van der Waals surface area contributed by atoms with E-state index < -0.39 is 5.97 Å². The number of carbonyl (C=O) groups is 1. The second kappa shape index (κ2) is 5.45. The van der Waals surface area contributed by atoms with Crippen molar-refractivity contribution in [1.29, 1.82) is 0 Å². The number of nitrogens with zero attached hydrogens (tertiary/aromatic N) is 4. The molecule has 110 valence electrons. The van der Waals surface area contributed by atoms with Crippen molar-refractivity contribution in [1.82, 2.24) is 9.38 Å². The molecule has 1 aromatic carbocycles. The molecular weight excluding hydrogens is 308 g/mol. The lowest BCUT2D eigenvalue weighted by molar-refractivity contribution is 0.0692. The fraction of sp³-hybridized carbons (Fsp3) is 0. The number of benzene rings is 1. The standard InChI is InChI=1S/C14H9ClN4O3/c15-8-4-5-10(20)9(7-8)17-18-13-12(14(21)22)16-11-3-1-2-6-19(11)13/h1-7,20H,(H,21,22). The van der Waals surface area contributed by atoms with E-state index in [9.17, 15) is 15.0 Å². The van der Waals surface area contributed by atoms with E-state index in [2.05, 4.69) is 15.2 Å². The third kappa shape index (κ3) is 2.49. The van der Waals surface area contributed by atoms with Crippen LogP contribution in [0.15, 0.2) is 52.8 Å². The summed E-state index contributed by atoms with van der Waals surface area (Å²) in [5.74, 6) is -1.27.